The second kappa shape index (κ2) is 9.25. The van der Waals surface area contributed by atoms with Gasteiger partial charge < -0.3 is 15.4 Å². The molecule has 0 heterocycles. The highest BCUT2D eigenvalue weighted by molar-refractivity contribution is 7.80. The van der Waals surface area contributed by atoms with Gasteiger partial charge in [-0.15, -0.1) is 0 Å². The number of para-hydroxylation sites is 2. The largest absolute Gasteiger partial charge is 0.492 e. The minimum absolute atomic E-state index is 0.165. The molecule has 0 aliphatic rings. The van der Waals surface area contributed by atoms with E-state index in [0.717, 1.165) is 11.3 Å². The van der Waals surface area contributed by atoms with Gasteiger partial charge in [0.1, 0.15) is 5.75 Å². The molecule has 0 aliphatic carbocycles. The highest BCUT2D eigenvalue weighted by Gasteiger charge is 2.09. The van der Waals surface area contributed by atoms with Gasteiger partial charge in [0, 0.05) is 11.4 Å². The quantitative estimate of drug-likeness (QED) is 0.757. The number of benzene rings is 2. The standard InChI is InChI=1S/C18H19ClN2O2S/c1-2-23-16-10-6-5-9-15(16)20-18(24)21-17(22)12-11-13-7-3-4-8-14(13)19/h3-10H,2,11-12H2,1H3,(H2,20,21,22,24). The van der Waals surface area contributed by atoms with Crippen molar-refractivity contribution in [1.82, 2.24) is 5.32 Å². The Morgan fingerprint density at radius 2 is 1.88 bits per heavy atom. The zero-order valence-electron chi connectivity index (χ0n) is 13.3. The summed E-state index contributed by atoms with van der Waals surface area (Å²) in [6, 6.07) is 14.9. The van der Waals surface area contributed by atoms with E-state index >= 15 is 0 Å². The molecule has 0 atom stereocenters. The smallest absolute Gasteiger partial charge is 0.226 e. The van der Waals surface area contributed by atoms with Crippen molar-refractivity contribution in [3.8, 4) is 5.75 Å². The number of carbonyl (C=O) groups excluding carboxylic acids is 1. The summed E-state index contributed by atoms with van der Waals surface area (Å²) in [5, 5.41) is 6.56. The van der Waals surface area contributed by atoms with Gasteiger partial charge in [0.2, 0.25) is 5.91 Å². The zero-order chi connectivity index (χ0) is 17.4. The van der Waals surface area contributed by atoms with Gasteiger partial charge in [-0.1, -0.05) is 41.9 Å². The first-order valence-corrected chi connectivity index (χ1v) is 8.45. The predicted molar refractivity (Wildman–Crippen MR) is 102 cm³/mol. The maximum absolute atomic E-state index is 12.0. The summed E-state index contributed by atoms with van der Waals surface area (Å²) in [4.78, 5) is 12.0. The van der Waals surface area contributed by atoms with Gasteiger partial charge in [-0.2, -0.15) is 0 Å². The lowest BCUT2D eigenvalue weighted by Crippen LogP contribution is -2.34. The van der Waals surface area contributed by atoms with Crippen LogP contribution in [0.25, 0.3) is 0 Å². The number of carbonyl (C=O) groups is 1. The fraction of sp³-hybridized carbons (Fsp3) is 0.222. The molecule has 24 heavy (non-hydrogen) atoms. The van der Waals surface area contributed by atoms with Gasteiger partial charge >= 0.3 is 0 Å². The highest BCUT2D eigenvalue weighted by Crippen LogP contribution is 2.23. The van der Waals surface area contributed by atoms with Crippen LogP contribution >= 0.6 is 23.8 Å². The summed E-state index contributed by atoms with van der Waals surface area (Å²) >= 11 is 11.3. The first-order valence-electron chi connectivity index (χ1n) is 7.66. The lowest BCUT2D eigenvalue weighted by Gasteiger charge is -2.13. The van der Waals surface area contributed by atoms with Crippen molar-refractivity contribution in [1.29, 1.82) is 0 Å². The van der Waals surface area contributed by atoms with Gasteiger partial charge in [-0.3, -0.25) is 4.79 Å². The van der Waals surface area contributed by atoms with E-state index in [1.54, 1.807) is 0 Å². The Labute approximate surface area is 152 Å². The molecule has 0 spiro atoms. The molecule has 126 valence electrons. The second-order valence-corrected chi connectivity index (χ2v) is 5.84. The van der Waals surface area contributed by atoms with E-state index in [2.05, 4.69) is 10.6 Å². The van der Waals surface area contributed by atoms with Crippen LogP contribution in [0.4, 0.5) is 5.69 Å². The maximum atomic E-state index is 12.0. The third kappa shape index (κ3) is 5.51. The van der Waals surface area contributed by atoms with Crippen molar-refractivity contribution in [2.24, 2.45) is 0 Å². The van der Waals surface area contributed by atoms with Crippen LogP contribution in [-0.2, 0) is 11.2 Å². The molecule has 0 unspecified atom stereocenters. The van der Waals surface area contributed by atoms with Crippen LogP contribution in [0, 0.1) is 0 Å². The Bertz CT molecular complexity index is 722. The van der Waals surface area contributed by atoms with Crippen molar-refractivity contribution in [2.75, 3.05) is 11.9 Å². The number of rotatable bonds is 6. The Morgan fingerprint density at radius 3 is 2.62 bits per heavy atom. The summed E-state index contributed by atoms with van der Waals surface area (Å²) in [6.45, 7) is 2.46. The maximum Gasteiger partial charge on any atom is 0.226 e. The molecule has 1 amide bonds. The molecule has 0 fully saturated rings. The third-order valence-electron chi connectivity index (χ3n) is 3.27. The fourth-order valence-corrected chi connectivity index (χ4v) is 2.60. The Hall–Kier alpha value is -2.11. The Morgan fingerprint density at radius 1 is 1.17 bits per heavy atom. The van der Waals surface area contributed by atoms with Gasteiger partial charge in [-0.25, -0.2) is 0 Å². The summed E-state index contributed by atoms with van der Waals surface area (Å²) in [6.07, 6.45) is 0.863. The van der Waals surface area contributed by atoms with E-state index in [-0.39, 0.29) is 11.0 Å². The van der Waals surface area contributed by atoms with Crippen LogP contribution in [-0.4, -0.2) is 17.6 Å². The topological polar surface area (TPSA) is 50.4 Å². The molecule has 0 aliphatic heterocycles. The van der Waals surface area contributed by atoms with Crippen molar-refractivity contribution in [2.45, 2.75) is 19.8 Å². The minimum Gasteiger partial charge on any atom is -0.492 e. The van der Waals surface area contributed by atoms with E-state index in [1.165, 1.54) is 0 Å². The van der Waals surface area contributed by atoms with E-state index < -0.39 is 0 Å². The van der Waals surface area contributed by atoms with Crippen LogP contribution < -0.4 is 15.4 Å². The van der Waals surface area contributed by atoms with Crippen LogP contribution in [0.1, 0.15) is 18.9 Å². The van der Waals surface area contributed by atoms with Crippen LogP contribution in [0.3, 0.4) is 0 Å². The summed E-state index contributed by atoms with van der Waals surface area (Å²) in [5.41, 5.74) is 1.66. The molecule has 4 nitrogen and oxygen atoms in total. The van der Waals surface area contributed by atoms with Crippen molar-refractivity contribution < 1.29 is 9.53 Å². The number of halogens is 1. The molecule has 0 aromatic heterocycles. The Balaban J connectivity index is 1.86. The molecule has 0 saturated carbocycles. The van der Waals surface area contributed by atoms with E-state index in [0.29, 0.717) is 30.2 Å². The number of ether oxygens (including phenoxy) is 1. The average molecular weight is 363 g/mol. The fourth-order valence-electron chi connectivity index (χ4n) is 2.14. The lowest BCUT2D eigenvalue weighted by atomic mass is 10.1. The van der Waals surface area contributed by atoms with Crippen LogP contribution in [0.5, 0.6) is 5.75 Å². The van der Waals surface area contributed by atoms with Crippen LogP contribution in [0.2, 0.25) is 5.02 Å². The zero-order valence-corrected chi connectivity index (χ0v) is 14.9. The highest BCUT2D eigenvalue weighted by atomic mass is 35.5. The molecular formula is C18H19ClN2O2S. The molecule has 0 radical (unpaired) electrons. The summed E-state index contributed by atoms with van der Waals surface area (Å²) in [7, 11) is 0. The predicted octanol–water partition coefficient (Wildman–Crippen LogP) is 4.18. The van der Waals surface area contributed by atoms with E-state index in [4.69, 9.17) is 28.6 Å². The normalized spacial score (nSPS) is 10.1. The molecule has 2 rings (SSSR count). The number of thiocarbonyl (C=S) groups is 1. The summed E-state index contributed by atoms with van der Waals surface area (Å²) in [5.74, 6) is 0.522. The molecule has 0 saturated heterocycles. The van der Waals surface area contributed by atoms with E-state index in [1.807, 2.05) is 55.5 Å². The third-order valence-corrected chi connectivity index (χ3v) is 3.84. The van der Waals surface area contributed by atoms with Gasteiger partial charge in [0.25, 0.3) is 0 Å². The minimum atomic E-state index is -0.165. The van der Waals surface area contributed by atoms with Crippen molar-refractivity contribution in [3.63, 3.8) is 0 Å². The number of aryl methyl sites for hydroxylation is 1. The van der Waals surface area contributed by atoms with Gasteiger partial charge in [-0.05, 0) is 49.3 Å². The monoisotopic (exact) mass is 362 g/mol. The number of nitrogens with one attached hydrogen (secondary N) is 2. The number of anilines is 1. The number of hydrogen-bond acceptors (Lipinski definition) is 3. The average Bonchev–Trinajstić information content (AvgIpc) is 2.56. The molecule has 0 bridgehead atoms. The van der Waals surface area contributed by atoms with Gasteiger partial charge in [0.05, 0.1) is 12.3 Å². The Kier molecular flexibility index (Phi) is 7.03. The van der Waals surface area contributed by atoms with Crippen LogP contribution in [0.15, 0.2) is 48.5 Å². The molecule has 2 aromatic rings. The van der Waals surface area contributed by atoms with Crippen molar-refractivity contribution >= 4 is 40.5 Å². The molecule has 2 aromatic carbocycles. The first-order chi connectivity index (χ1) is 11.6. The van der Waals surface area contributed by atoms with Gasteiger partial charge in [0.15, 0.2) is 5.11 Å². The molecule has 2 N–H and O–H groups in total. The lowest BCUT2D eigenvalue weighted by molar-refractivity contribution is -0.119. The number of amides is 1. The summed E-state index contributed by atoms with van der Waals surface area (Å²) < 4.78 is 5.51. The molecular weight excluding hydrogens is 344 g/mol. The van der Waals surface area contributed by atoms with E-state index in [9.17, 15) is 4.79 Å². The molecule has 6 heteroatoms. The number of hydrogen-bond donors (Lipinski definition) is 2. The van der Waals surface area contributed by atoms with Crippen molar-refractivity contribution in [3.05, 3.63) is 59.1 Å². The second-order valence-electron chi connectivity index (χ2n) is 5.02. The first kappa shape index (κ1) is 18.2. The SMILES string of the molecule is CCOc1ccccc1NC(=S)NC(=O)CCc1ccccc1Cl.